The van der Waals surface area contributed by atoms with Crippen molar-refractivity contribution in [3.63, 3.8) is 0 Å². The van der Waals surface area contributed by atoms with E-state index in [0.717, 1.165) is 10.2 Å². The van der Waals surface area contributed by atoms with E-state index in [2.05, 4.69) is 20.9 Å². The number of rotatable bonds is 5. The smallest absolute Gasteiger partial charge is 0.312 e. The van der Waals surface area contributed by atoms with Gasteiger partial charge in [-0.15, -0.1) is 0 Å². The van der Waals surface area contributed by atoms with E-state index in [-0.39, 0.29) is 12.4 Å². The maximum atomic E-state index is 11.8. The van der Waals surface area contributed by atoms with Gasteiger partial charge in [0, 0.05) is 4.47 Å². The Labute approximate surface area is 135 Å². The van der Waals surface area contributed by atoms with Crippen LogP contribution in [0.25, 0.3) is 0 Å². The number of ether oxygens (including phenoxy) is 1. The van der Waals surface area contributed by atoms with Crippen molar-refractivity contribution in [1.82, 2.24) is 4.98 Å². The molecular weight excluding hydrogens is 334 g/mol. The van der Waals surface area contributed by atoms with Gasteiger partial charge in [-0.05, 0) is 75.5 Å². The number of aliphatic hydroxyl groups is 1. The Kier molecular flexibility index (Phi) is 5.93. The molecule has 1 rings (SSSR count). The van der Waals surface area contributed by atoms with Crippen LogP contribution in [0.5, 0.6) is 0 Å². The highest BCUT2D eigenvalue weighted by Gasteiger charge is 2.18. The third-order valence-electron chi connectivity index (χ3n) is 2.70. The maximum absolute atomic E-state index is 11.8. The van der Waals surface area contributed by atoms with Crippen LogP contribution in [-0.4, -0.2) is 27.3 Å². The predicted molar refractivity (Wildman–Crippen MR) is 86.1 cm³/mol. The Bertz CT molecular complexity index is 501. The van der Waals surface area contributed by atoms with Crippen LogP contribution in [0.1, 0.15) is 52.4 Å². The van der Waals surface area contributed by atoms with Gasteiger partial charge in [-0.3, -0.25) is 9.78 Å². The fourth-order valence-corrected chi connectivity index (χ4v) is 2.17. The topological polar surface area (TPSA) is 59.4 Å². The van der Waals surface area contributed by atoms with E-state index < -0.39 is 11.2 Å². The summed E-state index contributed by atoms with van der Waals surface area (Å²) in [6, 6.07) is 3.69. The van der Waals surface area contributed by atoms with Gasteiger partial charge in [-0.25, -0.2) is 0 Å². The fourth-order valence-electron chi connectivity index (χ4n) is 1.75. The third kappa shape index (κ3) is 7.58. The van der Waals surface area contributed by atoms with E-state index in [9.17, 15) is 9.90 Å². The second-order valence-electron chi connectivity index (χ2n) is 6.81. The molecule has 0 unspecified atom stereocenters. The Morgan fingerprint density at radius 3 is 2.43 bits per heavy atom. The van der Waals surface area contributed by atoms with Crippen molar-refractivity contribution in [2.45, 2.75) is 65.1 Å². The quantitative estimate of drug-likeness (QED) is 0.820. The first-order chi connectivity index (χ1) is 9.46. The molecule has 0 aromatic carbocycles. The molecule has 0 saturated carbocycles. The van der Waals surface area contributed by atoms with Crippen molar-refractivity contribution in [3.05, 3.63) is 28.0 Å². The summed E-state index contributed by atoms with van der Waals surface area (Å²) in [7, 11) is 0. The molecule has 0 spiro atoms. The summed E-state index contributed by atoms with van der Waals surface area (Å²) in [6.07, 6.45) is 1.40. The van der Waals surface area contributed by atoms with E-state index in [4.69, 9.17) is 4.74 Å². The Balaban J connectivity index is 2.75. The van der Waals surface area contributed by atoms with Crippen molar-refractivity contribution < 1.29 is 14.6 Å². The van der Waals surface area contributed by atoms with E-state index in [1.54, 1.807) is 13.8 Å². The number of halogens is 1. The molecule has 0 bridgehead atoms. The van der Waals surface area contributed by atoms with Crippen LogP contribution in [0.2, 0.25) is 0 Å². The zero-order valence-corrected chi connectivity index (χ0v) is 15.0. The number of carbonyl (C=O) groups is 1. The van der Waals surface area contributed by atoms with Crippen LogP contribution in [0.3, 0.4) is 0 Å². The van der Waals surface area contributed by atoms with Gasteiger partial charge in [0.1, 0.15) is 5.60 Å². The van der Waals surface area contributed by atoms with Crippen LogP contribution in [-0.2, 0) is 22.4 Å². The molecule has 0 atom stereocenters. The minimum Gasteiger partial charge on any atom is -0.460 e. The van der Waals surface area contributed by atoms with Crippen molar-refractivity contribution in [2.75, 3.05) is 0 Å². The average molecular weight is 358 g/mol. The molecule has 21 heavy (non-hydrogen) atoms. The van der Waals surface area contributed by atoms with Crippen LogP contribution in [0, 0.1) is 0 Å². The highest BCUT2D eigenvalue weighted by Crippen LogP contribution is 2.20. The largest absolute Gasteiger partial charge is 0.460 e. The number of aromatic nitrogens is 1. The van der Waals surface area contributed by atoms with Gasteiger partial charge in [0.25, 0.3) is 0 Å². The zero-order valence-electron chi connectivity index (χ0n) is 13.4. The highest BCUT2D eigenvalue weighted by molar-refractivity contribution is 9.10. The summed E-state index contributed by atoms with van der Waals surface area (Å²) >= 11 is 3.45. The number of aryl methyl sites for hydroxylation is 1. The summed E-state index contributed by atoms with van der Waals surface area (Å²) in [6.45, 7) is 9.06. The number of pyridine rings is 1. The van der Waals surface area contributed by atoms with Gasteiger partial charge in [-0.2, -0.15) is 0 Å². The molecule has 1 aromatic heterocycles. The van der Waals surface area contributed by atoms with Gasteiger partial charge in [-0.1, -0.05) is 0 Å². The summed E-state index contributed by atoms with van der Waals surface area (Å²) in [5.74, 6) is -0.286. The van der Waals surface area contributed by atoms with Gasteiger partial charge in [0.05, 0.1) is 23.4 Å². The van der Waals surface area contributed by atoms with E-state index in [0.29, 0.717) is 18.5 Å². The molecule has 0 saturated heterocycles. The SMILES string of the molecule is CC(C)(O)CCc1nc(CC(=O)OC(C)(C)C)ccc1Br. The summed E-state index contributed by atoms with van der Waals surface area (Å²) < 4.78 is 6.18. The Morgan fingerprint density at radius 1 is 1.29 bits per heavy atom. The monoisotopic (exact) mass is 357 g/mol. The normalized spacial score (nSPS) is 12.3. The molecule has 4 nitrogen and oxygen atoms in total. The maximum Gasteiger partial charge on any atom is 0.312 e. The van der Waals surface area contributed by atoms with Crippen LogP contribution < -0.4 is 0 Å². The van der Waals surface area contributed by atoms with Crippen molar-refractivity contribution in [1.29, 1.82) is 0 Å². The van der Waals surface area contributed by atoms with Crippen LogP contribution in [0.4, 0.5) is 0 Å². The van der Waals surface area contributed by atoms with Crippen molar-refractivity contribution >= 4 is 21.9 Å². The molecule has 0 aliphatic carbocycles. The number of carbonyl (C=O) groups excluding carboxylic acids is 1. The molecular formula is C16H24BrNO3. The van der Waals surface area contributed by atoms with Crippen molar-refractivity contribution in [2.24, 2.45) is 0 Å². The second-order valence-corrected chi connectivity index (χ2v) is 7.66. The minimum absolute atomic E-state index is 0.153. The average Bonchev–Trinajstić information content (AvgIpc) is 2.26. The molecule has 0 fully saturated rings. The highest BCUT2D eigenvalue weighted by atomic mass is 79.9. The van der Waals surface area contributed by atoms with E-state index in [1.165, 1.54) is 0 Å². The lowest BCUT2D eigenvalue weighted by Gasteiger charge is -2.19. The molecule has 0 amide bonds. The molecule has 1 aromatic rings. The minimum atomic E-state index is -0.734. The van der Waals surface area contributed by atoms with Gasteiger partial charge >= 0.3 is 5.97 Å². The predicted octanol–water partition coefficient (Wildman–Crippen LogP) is 3.43. The van der Waals surface area contributed by atoms with E-state index in [1.807, 2.05) is 32.9 Å². The first-order valence-electron chi connectivity index (χ1n) is 7.05. The lowest BCUT2D eigenvalue weighted by molar-refractivity contribution is -0.154. The number of hydrogen-bond donors (Lipinski definition) is 1. The molecule has 1 N–H and O–H groups in total. The third-order valence-corrected chi connectivity index (χ3v) is 3.42. The molecule has 1 heterocycles. The Hall–Kier alpha value is -0.940. The summed E-state index contributed by atoms with van der Waals surface area (Å²) in [5.41, 5.74) is 0.301. The number of hydrogen-bond acceptors (Lipinski definition) is 4. The Morgan fingerprint density at radius 2 is 1.90 bits per heavy atom. The van der Waals surface area contributed by atoms with E-state index >= 15 is 0 Å². The lowest BCUT2D eigenvalue weighted by atomic mass is 10.0. The molecule has 0 aliphatic rings. The number of esters is 1. The van der Waals surface area contributed by atoms with Crippen LogP contribution >= 0.6 is 15.9 Å². The van der Waals surface area contributed by atoms with Gasteiger partial charge in [0.2, 0.25) is 0 Å². The molecule has 5 heteroatoms. The molecule has 118 valence electrons. The summed E-state index contributed by atoms with van der Waals surface area (Å²) in [4.78, 5) is 16.3. The lowest BCUT2D eigenvalue weighted by Crippen LogP contribution is -2.25. The molecule has 0 aliphatic heterocycles. The van der Waals surface area contributed by atoms with Crippen molar-refractivity contribution in [3.8, 4) is 0 Å². The first-order valence-corrected chi connectivity index (χ1v) is 7.84. The van der Waals surface area contributed by atoms with Crippen LogP contribution in [0.15, 0.2) is 16.6 Å². The van der Waals surface area contributed by atoms with Gasteiger partial charge in [0.15, 0.2) is 0 Å². The second kappa shape index (κ2) is 6.88. The van der Waals surface area contributed by atoms with Gasteiger partial charge < -0.3 is 9.84 Å². The number of nitrogens with zero attached hydrogens (tertiary/aromatic N) is 1. The fraction of sp³-hybridized carbons (Fsp3) is 0.625. The zero-order chi connectivity index (χ0) is 16.3. The molecule has 0 radical (unpaired) electrons. The first kappa shape index (κ1) is 18.1. The summed E-state index contributed by atoms with van der Waals surface area (Å²) in [5, 5.41) is 9.79. The standard InChI is InChI=1S/C16H24BrNO3/c1-15(2,3)21-14(19)10-11-6-7-12(17)13(18-11)8-9-16(4,5)20/h6-7,20H,8-10H2,1-5H3.